The Balaban J connectivity index is 1.10. The van der Waals surface area contributed by atoms with Crippen molar-refractivity contribution in [2.24, 2.45) is 0 Å². The molecule has 5 heteroatoms. The zero-order valence-corrected chi connectivity index (χ0v) is 31.4. The van der Waals surface area contributed by atoms with Crippen molar-refractivity contribution in [2.45, 2.75) is 19.3 Å². The van der Waals surface area contributed by atoms with Crippen LogP contribution in [0.15, 0.2) is 174 Å². The molecule has 0 aliphatic heterocycles. The van der Waals surface area contributed by atoms with E-state index in [0.717, 1.165) is 66.1 Å². The van der Waals surface area contributed by atoms with Gasteiger partial charge in [0.1, 0.15) is 11.2 Å². The summed E-state index contributed by atoms with van der Waals surface area (Å²) in [6, 6.07) is 60.0. The van der Waals surface area contributed by atoms with Crippen LogP contribution in [-0.2, 0) is 5.41 Å². The van der Waals surface area contributed by atoms with Gasteiger partial charge in [0, 0.05) is 60.8 Å². The van der Waals surface area contributed by atoms with E-state index in [0.29, 0.717) is 17.5 Å². The standard InChI is InChI=1S/C52H34N4O/c1-52(2)42-21-11-8-18-36(42)37-26-24-33(29-43(37)52)50-53-49(31-14-4-3-5-15-31)54-51(55-50)41-28-32-16-6-7-17-35(32)48-47(41)40-27-25-34(30-46(40)57-48)56-44-22-12-9-19-38(44)39-20-10-13-23-45(39)56/h3-30H,1-2H3. The maximum absolute atomic E-state index is 6.94. The lowest BCUT2D eigenvalue weighted by atomic mass is 9.82. The van der Waals surface area contributed by atoms with Crippen molar-refractivity contribution in [3.8, 4) is 51.0 Å². The van der Waals surface area contributed by atoms with Gasteiger partial charge in [0.2, 0.25) is 0 Å². The molecule has 0 fully saturated rings. The Morgan fingerprint density at radius 2 is 1.09 bits per heavy atom. The fraction of sp³-hybridized carbons (Fsp3) is 0.0577. The number of rotatable bonds is 4. The van der Waals surface area contributed by atoms with Gasteiger partial charge in [-0.1, -0.05) is 141 Å². The molecule has 0 radical (unpaired) electrons. The second-order valence-electron chi connectivity index (χ2n) is 15.6. The Bertz CT molecular complexity index is 3390. The number of fused-ring (bicyclic) bond motifs is 11. The summed E-state index contributed by atoms with van der Waals surface area (Å²) in [7, 11) is 0. The van der Waals surface area contributed by atoms with Gasteiger partial charge in [-0.3, -0.25) is 0 Å². The van der Waals surface area contributed by atoms with E-state index in [1.165, 1.54) is 33.0 Å². The number of benzene rings is 8. The minimum Gasteiger partial charge on any atom is -0.455 e. The normalized spacial score (nSPS) is 13.2. The Kier molecular flexibility index (Phi) is 6.62. The minimum absolute atomic E-state index is 0.154. The molecule has 0 N–H and O–H groups in total. The first kappa shape index (κ1) is 31.9. The van der Waals surface area contributed by atoms with Crippen LogP contribution in [0.2, 0.25) is 0 Å². The average molecular weight is 731 g/mol. The maximum Gasteiger partial charge on any atom is 0.164 e. The summed E-state index contributed by atoms with van der Waals surface area (Å²) in [5.41, 5.74) is 12.8. The predicted octanol–water partition coefficient (Wildman–Crippen LogP) is 13.3. The first-order valence-corrected chi connectivity index (χ1v) is 19.4. The predicted molar refractivity (Wildman–Crippen MR) is 233 cm³/mol. The molecule has 0 bridgehead atoms. The van der Waals surface area contributed by atoms with Crippen LogP contribution in [0.25, 0.3) is 105 Å². The lowest BCUT2D eigenvalue weighted by Crippen LogP contribution is -2.15. The number of aromatic nitrogens is 4. The minimum atomic E-state index is -0.154. The van der Waals surface area contributed by atoms with Crippen LogP contribution in [0.4, 0.5) is 0 Å². The van der Waals surface area contributed by atoms with Crippen molar-refractivity contribution in [1.29, 1.82) is 0 Å². The quantitative estimate of drug-likeness (QED) is 0.181. The van der Waals surface area contributed by atoms with Crippen molar-refractivity contribution >= 4 is 54.5 Å². The topological polar surface area (TPSA) is 56.7 Å². The summed E-state index contributed by atoms with van der Waals surface area (Å²) in [5.74, 6) is 1.87. The highest BCUT2D eigenvalue weighted by molar-refractivity contribution is 6.21. The third-order valence-corrected chi connectivity index (χ3v) is 12.0. The van der Waals surface area contributed by atoms with E-state index in [1.54, 1.807) is 0 Å². The lowest BCUT2D eigenvalue weighted by molar-refractivity contribution is 0.660. The van der Waals surface area contributed by atoms with Crippen LogP contribution in [0.1, 0.15) is 25.0 Å². The van der Waals surface area contributed by atoms with Gasteiger partial charge in [0.15, 0.2) is 17.5 Å². The van der Waals surface area contributed by atoms with Crippen LogP contribution in [0.5, 0.6) is 0 Å². The van der Waals surface area contributed by atoms with E-state index in [2.05, 4.69) is 170 Å². The average Bonchev–Trinajstić information content (AvgIpc) is 3.89. The molecule has 5 nitrogen and oxygen atoms in total. The third kappa shape index (κ3) is 4.66. The fourth-order valence-corrected chi connectivity index (χ4v) is 9.30. The van der Waals surface area contributed by atoms with Gasteiger partial charge in [-0.05, 0) is 64.0 Å². The van der Waals surface area contributed by atoms with Crippen molar-refractivity contribution in [3.63, 3.8) is 0 Å². The molecule has 0 spiro atoms. The highest BCUT2D eigenvalue weighted by Gasteiger charge is 2.35. The number of hydrogen-bond acceptors (Lipinski definition) is 4. The Morgan fingerprint density at radius 1 is 0.456 bits per heavy atom. The summed E-state index contributed by atoms with van der Waals surface area (Å²) in [5, 5.41) is 6.55. The molecule has 12 rings (SSSR count). The van der Waals surface area contributed by atoms with Gasteiger partial charge in [-0.25, -0.2) is 15.0 Å². The van der Waals surface area contributed by atoms with Crippen LogP contribution in [0, 0.1) is 0 Å². The molecule has 1 aliphatic carbocycles. The van der Waals surface area contributed by atoms with E-state index < -0.39 is 0 Å². The third-order valence-electron chi connectivity index (χ3n) is 12.0. The van der Waals surface area contributed by atoms with Gasteiger partial charge in [-0.2, -0.15) is 0 Å². The number of nitrogens with zero attached hydrogens (tertiary/aromatic N) is 4. The van der Waals surface area contributed by atoms with Crippen LogP contribution >= 0.6 is 0 Å². The molecule has 3 aromatic heterocycles. The van der Waals surface area contributed by atoms with Gasteiger partial charge in [-0.15, -0.1) is 0 Å². The van der Waals surface area contributed by atoms with E-state index in [4.69, 9.17) is 19.4 Å². The highest BCUT2D eigenvalue weighted by Crippen LogP contribution is 2.49. The molecule has 3 heterocycles. The fourth-order valence-electron chi connectivity index (χ4n) is 9.30. The van der Waals surface area contributed by atoms with E-state index in [9.17, 15) is 0 Å². The van der Waals surface area contributed by atoms with Crippen LogP contribution in [-0.4, -0.2) is 19.5 Å². The molecular weight excluding hydrogens is 697 g/mol. The first-order chi connectivity index (χ1) is 28.0. The molecule has 268 valence electrons. The van der Waals surface area contributed by atoms with Gasteiger partial charge >= 0.3 is 0 Å². The maximum atomic E-state index is 6.94. The largest absolute Gasteiger partial charge is 0.455 e. The van der Waals surface area contributed by atoms with Crippen molar-refractivity contribution in [2.75, 3.05) is 0 Å². The van der Waals surface area contributed by atoms with Gasteiger partial charge in [0.25, 0.3) is 0 Å². The van der Waals surface area contributed by atoms with Crippen molar-refractivity contribution in [1.82, 2.24) is 19.5 Å². The van der Waals surface area contributed by atoms with E-state index >= 15 is 0 Å². The molecule has 8 aromatic carbocycles. The monoisotopic (exact) mass is 730 g/mol. The Morgan fingerprint density at radius 3 is 1.88 bits per heavy atom. The van der Waals surface area contributed by atoms with Crippen molar-refractivity contribution < 1.29 is 4.42 Å². The molecule has 57 heavy (non-hydrogen) atoms. The molecular formula is C52H34N4O. The molecule has 11 aromatic rings. The SMILES string of the molecule is CC1(C)c2ccccc2-c2ccc(-c3nc(-c4ccccc4)nc(-c4cc5ccccc5c5oc6cc(-n7c8ccccc8c8ccccc87)ccc6c45)n3)cc21. The van der Waals surface area contributed by atoms with Gasteiger partial charge in [0.05, 0.1) is 11.0 Å². The number of furan rings is 1. The number of hydrogen-bond donors (Lipinski definition) is 0. The summed E-state index contributed by atoms with van der Waals surface area (Å²) in [4.78, 5) is 15.7. The summed E-state index contributed by atoms with van der Waals surface area (Å²) in [6.07, 6.45) is 0. The zero-order valence-electron chi connectivity index (χ0n) is 31.4. The summed E-state index contributed by atoms with van der Waals surface area (Å²) in [6.45, 7) is 4.61. The molecule has 1 aliphatic rings. The Labute approximate surface area is 328 Å². The van der Waals surface area contributed by atoms with Gasteiger partial charge < -0.3 is 8.98 Å². The zero-order chi connectivity index (χ0) is 37.8. The second kappa shape index (κ2) is 11.8. The van der Waals surface area contributed by atoms with E-state index in [1.807, 2.05) is 18.2 Å². The molecule has 0 amide bonds. The van der Waals surface area contributed by atoms with Crippen LogP contribution < -0.4 is 0 Å². The lowest BCUT2D eigenvalue weighted by Gasteiger charge is -2.21. The molecule has 0 unspecified atom stereocenters. The van der Waals surface area contributed by atoms with Crippen LogP contribution in [0.3, 0.4) is 0 Å². The van der Waals surface area contributed by atoms with E-state index in [-0.39, 0.29) is 5.41 Å². The Hall–Kier alpha value is -7.37. The summed E-state index contributed by atoms with van der Waals surface area (Å²) >= 11 is 0. The smallest absolute Gasteiger partial charge is 0.164 e. The molecule has 0 saturated heterocycles. The molecule has 0 atom stereocenters. The highest BCUT2D eigenvalue weighted by atomic mass is 16.3. The summed E-state index contributed by atoms with van der Waals surface area (Å²) < 4.78 is 9.27. The second-order valence-corrected chi connectivity index (χ2v) is 15.6. The first-order valence-electron chi connectivity index (χ1n) is 19.4. The number of para-hydroxylation sites is 2. The molecule has 0 saturated carbocycles. The van der Waals surface area contributed by atoms with Crippen molar-refractivity contribution in [3.05, 3.63) is 181 Å².